The summed E-state index contributed by atoms with van der Waals surface area (Å²) in [5.74, 6) is 0. The predicted octanol–water partition coefficient (Wildman–Crippen LogP) is -0.272. The number of aliphatic hydroxyl groups excluding tert-OH is 2. The van der Waals surface area contributed by atoms with Gasteiger partial charge in [0.25, 0.3) is 0 Å². The number of likely N-dealkylation sites (N-methyl/N-ethyl adjacent to an activating group) is 1. The van der Waals surface area contributed by atoms with Crippen molar-refractivity contribution >= 4 is 0 Å². The lowest BCUT2D eigenvalue weighted by atomic mass is 10.1. The van der Waals surface area contributed by atoms with Crippen LogP contribution in [0.1, 0.15) is 19.8 Å². The molecule has 0 rings (SSSR count). The van der Waals surface area contributed by atoms with Gasteiger partial charge in [0, 0.05) is 6.04 Å². The maximum atomic E-state index is 9.14. The Kier molecular flexibility index (Phi) is 5.58. The highest BCUT2D eigenvalue weighted by Crippen LogP contribution is 2.00. The molecular weight excluding hydrogens is 130 g/mol. The molecule has 0 aliphatic rings. The number of hydrogen-bond acceptors (Lipinski definition) is 3. The summed E-state index contributed by atoms with van der Waals surface area (Å²) in [6.07, 6.45) is 1.30. The summed E-state index contributed by atoms with van der Waals surface area (Å²) in [6, 6.07) is 0.0370. The Morgan fingerprint density at radius 3 is 2.40 bits per heavy atom. The molecule has 10 heavy (non-hydrogen) atoms. The summed E-state index contributed by atoms with van der Waals surface area (Å²) in [6.45, 7) is 1.89. The summed E-state index contributed by atoms with van der Waals surface area (Å²) in [4.78, 5) is 0. The van der Waals surface area contributed by atoms with Crippen molar-refractivity contribution in [3.63, 3.8) is 0 Å². The first-order valence-electron chi connectivity index (χ1n) is 3.72. The molecule has 2 atom stereocenters. The van der Waals surface area contributed by atoms with Crippen LogP contribution in [0.5, 0.6) is 0 Å². The SMILES string of the molecule is CCCC(NC)C(O)CO. The average molecular weight is 147 g/mol. The molecule has 0 spiro atoms. The third-order valence-electron chi connectivity index (χ3n) is 1.62. The normalized spacial score (nSPS) is 16.8. The molecule has 0 saturated heterocycles. The van der Waals surface area contributed by atoms with Gasteiger partial charge in [-0.1, -0.05) is 13.3 Å². The minimum Gasteiger partial charge on any atom is -0.394 e. The third-order valence-corrected chi connectivity index (χ3v) is 1.62. The first-order chi connectivity index (χ1) is 4.76. The fraction of sp³-hybridized carbons (Fsp3) is 1.00. The van der Waals surface area contributed by atoms with Crippen molar-refractivity contribution in [1.82, 2.24) is 5.32 Å². The Hall–Kier alpha value is -0.120. The highest BCUT2D eigenvalue weighted by atomic mass is 16.3. The fourth-order valence-electron chi connectivity index (χ4n) is 0.967. The van der Waals surface area contributed by atoms with Crippen molar-refractivity contribution in [2.45, 2.75) is 31.9 Å². The molecule has 0 aromatic heterocycles. The van der Waals surface area contributed by atoms with E-state index in [1.54, 1.807) is 7.05 Å². The van der Waals surface area contributed by atoms with Gasteiger partial charge in [0.15, 0.2) is 0 Å². The molecule has 0 heterocycles. The zero-order valence-electron chi connectivity index (χ0n) is 6.67. The van der Waals surface area contributed by atoms with E-state index in [0.29, 0.717) is 0 Å². The minimum absolute atomic E-state index is 0.0370. The van der Waals surface area contributed by atoms with Crippen LogP contribution >= 0.6 is 0 Å². The number of aliphatic hydroxyl groups is 2. The summed E-state index contributed by atoms with van der Waals surface area (Å²) in [5.41, 5.74) is 0. The molecule has 62 valence electrons. The molecule has 0 amide bonds. The second-order valence-corrected chi connectivity index (χ2v) is 2.43. The molecule has 3 heteroatoms. The van der Waals surface area contributed by atoms with Gasteiger partial charge >= 0.3 is 0 Å². The largest absolute Gasteiger partial charge is 0.394 e. The minimum atomic E-state index is -0.620. The second kappa shape index (κ2) is 5.65. The van der Waals surface area contributed by atoms with E-state index in [1.807, 2.05) is 0 Å². The third kappa shape index (κ3) is 3.15. The zero-order valence-corrected chi connectivity index (χ0v) is 6.67. The Bertz CT molecular complexity index is 78.0. The number of nitrogens with one attached hydrogen (secondary N) is 1. The van der Waals surface area contributed by atoms with Crippen LogP contribution in [0.2, 0.25) is 0 Å². The van der Waals surface area contributed by atoms with E-state index in [2.05, 4.69) is 12.2 Å². The molecule has 0 bridgehead atoms. The molecule has 0 radical (unpaired) electrons. The Morgan fingerprint density at radius 2 is 2.10 bits per heavy atom. The summed E-state index contributed by atoms with van der Waals surface area (Å²) >= 11 is 0. The van der Waals surface area contributed by atoms with Gasteiger partial charge in [0.2, 0.25) is 0 Å². The summed E-state index contributed by atoms with van der Waals surface area (Å²) in [7, 11) is 1.79. The van der Waals surface area contributed by atoms with Crippen LogP contribution in [0, 0.1) is 0 Å². The van der Waals surface area contributed by atoms with Crippen LogP contribution in [0.3, 0.4) is 0 Å². The van der Waals surface area contributed by atoms with E-state index in [-0.39, 0.29) is 12.6 Å². The summed E-state index contributed by atoms with van der Waals surface area (Å²) in [5, 5.41) is 20.7. The molecule has 0 saturated carbocycles. The lowest BCUT2D eigenvalue weighted by Crippen LogP contribution is -2.39. The lowest BCUT2D eigenvalue weighted by molar-refractivity contribution is 0.0623. The molecule has 0 fully saturated rings. The topological polar surface area (TPSA) is 52.5 Å². The van der Waals surface area contributed by atoms with Gasteiger partial charge in [-0.2, -0.15) is 0 Å². The average Bonchev–Trinajstić information content (AvgIpc) is 1.99. The van der Waals surface area contributed by atoms with Gasteiger partial charge in [0.1, 0.15) is 0 Å². The van der Waals surface area contributed by atoms with Gasteiger partial charge in [-0.3, -0.25) is 0 Å². The Balaban J connectivity index is 3.56. The van der Waals surface area contributed by atoms with Gasteiger partial charge in [-0.25, -0.2) is 0 Å². The van der Waals surface area contributed by atoms with Crippen molar-refractivity contribution < 1.29 is 10.2 Å². The first kappa shape index (κ1) is 9.88. The maximum Gasteiger partial charge on any atom is 0.0923 e. The van der Waals surface area contributed by atoms with Crippen molar-refractivity contribution in [2.75, 3.05) is 13.7 Å². The fourth-order valence-corrected chi connectivity index (χ4v) is 0.967. The lowest BCUT2D eigenvalue weighted by Gasteiger charge is -2.19. The van der Waals surface area contributed by atoms with Crippen molar-refractivity contribution in [2.24, 2.45) is 0 Å². The molecular formula is C7H17NO2. The molecule has 0 aromatic carbocycles. The van der Waals surface area contributed by atoms with Crippen molar-refractivity contribution in [3.05, 3.63) is 0 Å². The highest BCUT2D eigenvalue weighted by molar-refractivity contribution is 4.72. The van der Waals surface area contributed by atoms with Crippen molar-refractivity contribution in [3.8, 4) is 0 Å². The van der Waals surface area contributed by atoms with Gasteiger partial charge < -0.3 is 15.5 Å². The van der Waals surface area contributed by atoms with Crippen molar-refractivity contribution in [1.29, 1.82) is 0 Å². The van der Waals surface area contributed by atoms with E-state index in [1.165, 1.54) is 0 Å². The van der Waals surface area contributed by atoms with Gasteiger partial charge in [-0.15, -0.1) is 0 Å². The standard InChI is InChI=1S/C7H17NO2/c1-3-4-6(8-2)7(10)5-9/h6-10H,3-5H2,1-2H3. The molecule has 0 aliphatic heterocycles. The zero-order chi connectivity index (χ0) is 7.98. The molecule has 3 nitrogen and oxygen atoms in total. The van der Waals surface area contributed by atoms with Crippen LogP contribution in [0.15, 0.2) is 0 Å². The van der Waals surface area contributed by atoms with E-state index in [0.717, 1.165) is 12.8 Å². The molecule has 3 N–H and O–H groups in total. The first-order valence-corrected chi connectivity index (χ1v) is 3.72. The summed E-state index contributed by atoms with van der Waals surface area (Å²) < 4.78 is 0. The van der Waals surface area contributed by atoms with E-state index >= 15 is 0 Å². The van der Waals surface area contributed by atoms with E-state index in [4.69, 9.17) is 10.2 Å². The van der Waals surface area contributed by atoms with Gasteiger partial charge in [-0.05, 0) is 13.5 Å². The monoisotopic (exact) mass is 147 g/mol. The smallest absolute Gasteiger partial charge is 0.0923 e. The van der Waals surface area contributed by atoms with Gasteiger partial charge in [0.05, 0.1) is 12.7 Å². The van der Waals surface area contributed by atoms with Crippen LogP contribution < -0.4 is 5.32 Å². The molecule has 0 aromatic rings. The predicted molar refractivity (Wildman–Crippen MR) is 40.8 cm³/mol. The van der Waals surface area contributed by atoms with Crippen LogP contribution in [0.4, 0.5) is 0 Å². The van der Waals surface area contributed by atoms with Crippen LogP contribution in [0.25, 0.3) is 0 Å². The molecule has 0 aliphatic carbocycles. The highest BCUT2D eigenvalue weighted by Gasteiger charge is 2.14. The second-order valence-electron chi connectivity index (χ2n) is 2.43. The quantitative estimate of drug-likeness (QED) is 0.501. The number of rotatable bonds is 5. The van der Waals surface area contributed by atoms with E-state index in [9.17, 15) is 0 Å². The Labute approximate surface area is 62.1 Å². The Morgan fingerprint density at radius 1 is 1.50 bits per heavy atom. The van der Waals surface area contributed by atoms with E-state index < -0.39 is 6.10 Å². The van der Waals surface area contributed by atoms with Crippen LogP contribution in [-0.2, 0) is 0 Å². The maximum absolute atomic E-state index is 9.14. The number of hydrogen-bond donors (Lipinski definition) is 3. The van der Waals surface area contributed by atoms with Crippen LogP contribution in [-0.4, -0.2) is 36.0 Å². The molecule has 2 unspecified atom stereocenters.